The molecule has 0 heteroatoms. The molecule has 0 aliphatic heterocycles. The number of hydrogen-bond donors (Lipinski definition) is 0. The highest BCUT2D eigenvalue weighted by Gasteiger charge is 2.11. The lowest BCUT2D eigenvalue weighted by atomic mass is 9.91. The second-order valence-electron chi connectivity index (χ2n) is 24.0. The molecule has 25 rings (SSSR count). The van der Waals surface area contributed by atoms with Crippen LogP contribution in [0.15, 0.2) is 352 Å². The van der Waals surface area contributed by atoms with Gasteiger partial charge < -0.3 is 0 Å². The van der Waals surface area contributed by atoms with Gasteiger partial charge in [-0.3, -0.25) is 0 Å². The van der Waals surface area contributed by atoms with Gasteiger partial charge in [0.2, 0.25) is 0 Å². The molecule has 0 saturated carbocycles. The Labute approximate surface area is 521 Å². The Morgan fingerprint density at radius 3 is 0.533 bits per heavy atom. The van der Waals surface area contributed by atoms with Crippen LogP contribution >= 0.6 is 0 Å². The monoisotopic (exact) mass is 1140 g/mol. The molecular formula is C90H58. The molecule has 0 aliphatic rings. The lowest BCUT2D eigenvalue weighted by Gasteiger charge is -2.12. The van der Waals surface area contributed by atoms with Gasteiger partial charge in [-0.1, -0.05) is 297 Å². The second-order valence-corrected chi connectivity index (χ2v) is 24.0. The highest BCUT2D eigenvalue weighted by Crippen LogP contribution is 2.39. The van der Waals surface area contributed by atoms with E-state index in [9.17, 15) is 0 Å². The molecule has 0 aliphatic carbocycles. The van der Waals surface area contributed by atoms with E-state index in [-0.39, 0.29) is 0 Å². The normalized spacial score (nSPS) is 11.6. The van der Waals surface area contributed by atoms with Crippen LogP contribution in [-0.4, -0.2) is 0 Å². The molecule has 0 saturated heterocycles. The minimum Gasteiger partial charge on any atom is -0.0616 e. The molecule has 0 nitrogen and oxygen atoms in total. The Hall–Kier alpha value is -11.7. The average molecular weight is 1140 g/mol. The van der Waals surface area contributed by atoms with E-state index < -0.39 is 0 Å². The fourth-order valence-corrected chi connectivity index (χ4v) is 13.7. The minimum atomic E-state index is 1.17. The molecule has 0 unspecified atom stereocenters. The summed E-state index contributed by atoms with van der Waals surface area (Å²) >= 11 is 0. The number of hydrogen-bond acceptors (Lipinski definition) is 0. The third-order valence-corrected chi connectivity index (χ3v) is 18.6. The van der Waals surface area contributed by atoms with Crippen LogP contribution in [-0.2, 0) is 0 Å². The first-order valence-electron chi connectivity index (χ1n) is 31.2. The molecule has 24 bridgehead atoms. The lowest BCUT2D eigenvalue weighted by molar-refractivity contribution is 1.71. The minimum absolute atomic E-state index is 1.17. The van der Waals surface area contributed by atoms with Crippen molar-refractivity contribution in [2.45, 2.75) is 0 Å². The number of rotatable bonds is 1. The first kappa shape index (κ1) is 52.6. The summed E-state index contributed by atoms with van der Waals surface area (Å²) in [7, 11) is 0. The van der Waals surface area contributed by atoms with Crippen molar-refractivity contribution in [3.8, 4) is 11.1 Å². The number of benzene rings is 16. The summed E-state index contributed by atoms with van der Waals surface area (Å²) < 4.78 is 0. The van der Waals surface area contributed by atoms with Crippen LogP contribution in [0.5, 0.6) is 0 Å². The topological polar surface area (TPSA) is 0 Å². The molecule has 0 N–H and O–H groups in total. The Morgan fingerprint density at radius 2 is 0.278 bits per heavy atom. The zero-order valence-corrected chi connectivity index (χ0v) is 49.5. The highest BCUT2D eigenvalue weighted by molar-refractivity contribution is 6.26. The van der Waals surface area contributed by atoms with Crippen LogP contribution < -0.4 is 0 Å². The molecule has 0 heterocycles. The van der Waals surface area contributed by atoms with Gasteiger partial charge in [0.05, 0.1) is 0 Å². The maximum Gasteiger partial charge on any atom is -0.00928 e. The summed E-state index contributed by atoms with van der Waals surface area (Å²) in [6, 6.07) is 131. The zero-order valence-electron chi connectivity index (χ0n) is 49.5. The van der Waals surface area contributed by atoms with E-state index in [0.717, 1.165) is 0 Å². The van der Waals surface area contributed by atoms with Gasteiger partial charge in [-0.2, -0.15) is 0 Å². The maximum atomic E-state index is 2.42. The molecular weight excluding hydrogens is 1080 g/mol. The van der Waals surface area contributed by atoms with Crippen molar-refractivity contribution in [1.29, 1.82) is 0 Å². The average Bonchev–Trinajstić information content (AvgIpc) is 0.807. The summed E-state index contributed by atoms with van der Waals surface area (Å²) in [5, 5.41) is 36.1. The Bertz CT molecular complexity index is 6070. The van der Waals surface area contributed by atoms with Crippen molar-refractivity contribution >= 4 is 162 Å². The molecule has 0 radical (unpaired) electrons. The molecule has 25 aromatic carbocycles. The van der Waals surface area contributed by atoms with E-state index in [1.165, 1.54) is 173 Å². The summed E-state index contributed by atoms with van der Waals surface area (Å²) in [5.41, 5.74) is 2.36. The van der Waals surface area contributed by atoms with E-state index in [1.54, 1.807) is 0 Å². The van der Waals surface area contributed by atoms with Crippen LogP contribution in [0.3, 0.4) is 0 Å². The lowest BCUT2D eigenvalue weighted by Crippen LogP contribution is -1.85. The number of fused-ring (bicyclic) bond motifs is 8. The van der Waals surface area contributed by atoms with E-state index in [2.05, 4.69) is 352 Å². The van der Waals surface area contributed by atoms with E-state index in [1.807, 2.05) is 0 Å². The molecule has 0 atom stereocenters. The van der Waals surface area contributed by atoms with Crippen molar-refractivity contribution in [2.75, 3.05) is 0 Å². The van der Waals surface area contributed by atoms with Gasteiger partial charge in [-0.05, 0) is 227 Å². The first-order valence-corrected chi connectivity index (χ1v) is 31.2. The molecule has 25 aromatic rings. The van der Waals surface area contributed by atoms with Gasteiger partial charge in [0.25, 0.3) is 0 Å². The standard InChI is InChI=1S/C90H58/c1-2-22-87-85(20-1)86-21-3-4-23-88(86)90-58-81(48-49-89(87)90)84-56-82-55-83(57-84)80-19-9-15-76(54-80)70-46-44-69(45-47-70)72-11-5-10-71(50-72)65-36-28-63(29-37-65)64-32-40-67(41-33-64)74-13-7-17-78(52-74)77-16-6-12-73(51-77)66-38-30-61(31-39-66)59-24-26-60(27-25-59)62-34-42-68(43-35-62)75-14-8-18-79(82)53-75/h1-58H. The second kappa shape index (κ2) is 22.2. The predicted molar refractivity (Wildman–Crippen MR) is 394 cm³/mol. The summed E-state index contributed by atoms with van der Waals surface area (Å²) in [6.07, 6.45) is 0. The molecule has 90 heavy (non-hydrogen) atoms. The first-order chi connectivity index (χ1) is 44.5. The molecule has 418 valence electrons. The molecule has 0 amide bonds. The van der Waals surface area contributed by atoms with Gasteiger partial charge in [0, 0.05) is 0 Å². The third kappa shape index (κ3) is 9.88. The van der Waals surface area contributed by atoms with Gasteiger partial charge in [-0.15, -0.1) is 0 Å². The Morgan fingerprint density at radius 1 is 0.0889 bits per heavy atom. The van der Waals surface area contributed by atoms with Gasteiger partial charge in [-0.25, -0.2) is 0 Å². The van der Waals surface area contributed by atoms with Crippen molar-refractivity contribution in [3.05, 3.63) is 352 Å². The van der Waals surface area contributed by atoms with Gasteiger partial charge in [0.15, 0.2) is 0 Å². The maximum absolute atomic E-state index is 2.42. The van der Waals surface area contributed by atoms with Gasteiger partial charge in [0.1, 0.15) is 0 Å². The Kier molecular flexibility index (Phi) is 13.0. The quantitative estimate of drug-likeness (QED) is 0.144. The summed E-state index contributed by atoms with van der Waals surface area (Å²) in [6.45, 7) is 0. The van der Waals surface area contributed by atoms with Crippen molar-refractivity contribution in [1.82, 2.24) is 0 Å². The van der Waals surface area contributed by atoms with Gasteiger partial charge >= 0.3 is 0 Å². The SMILES string of the molecule is c1cc2cc(c1)c1ccc(cc1)c1cccc(c1)c1cc(-c3ccc4c5ccccc5c5ccccc5c4c3)cc(c1)c1cccc(c1)c1ccc(cc1)c1ccc(cc1)c1ccc(cc1)c1cccc(c1)c1cccc(c1)c1ccc(cc1)c1ccc2cc1. The molecule has 0 spiro atoms. The third-order valence-electron chi connectivity index (χ3n) is 18.6. The van der Waals surface area contributed by atoms with E-state index >= 15 is 0 Å². The fourth-order valence-electron chi connectivity index (χ4n) is 13.7. The van der Waals surface area contributed by atoms with Crippen molar-refractivity contribution in [3.63, 3.8) is 0 Å². The molecule has 0 fully saturated rings. The van der Waals surface area contributed by atoms with Crippen LogP contribution in [0, 0.1) is 0 Å². The van der Waals surface area contributed by atoms with Crippen LogP contribution in [0.2, 0.25) is 0 Å². The highest BCUT2D eigenvalue weighted by atomic mass is 14.2. The van der Waals surface area contributed by atoms with Crippen LogP contribution in [0.4, 0.5) is 0 Å². The van der Waals surface area contributed by atoms with Crippen LogP contribution in [0.25, 0.3) is 173 Å². The zero-order chi connectivity index (χ0) is 59.5. The van der Waals surface area contributed by atoms with Crippen molar-refractivity contribution < 1.29 is 0 Å². The van der Waals surface area contributed by atoms with Crippen molar-refractivity contribution in [2.24, 2.45) is 0 Å². The molecule has 0 aromatic heterocycles. The van der Waals surface area contributed by atoms with E-state index in [4.69, 9.17) is 0 Å². The fraction of sp³-hybridized carbons (Fsp3) is 0. The predicted octanol–water partition coefficient (Wildman–Crippen LogP) is 25.7. The largest absolute Gasteiger partial charge is 0.0616 e. The Balaban J connectivity index is 0.845. The summed E-state index contributed by atoms with van der Waals surface area (Å²) in [5.74, 6) is 0. The van der Waals surface area contributed by atoms with Crippen LogP contribution in [0.1, 0.15) is 0 Å². The van der Waals surface area contributed by atoms with E-state index in [0.29, 0.717) is 0 Å². The summed E-state index contributed by atoms with van der Waals surface area (Å²) in [4.78, 5) is 0. The smallest absolute Gasteiger partial charge is 0.00928 e.